The molecule has 4 rings (SSSR count). The molecule has 1 aliphatic heterocycles. The van der Waals surface area contributed by atoms with Crippen molar-refractivity contribution in [2.24, 2.45) is 5.73 Å². The molecule has 0 radical (unpaired) electrons. The molecule has 4 N–H and O–H groups in total. The average molecular weight is 477 g/mol. The van der Waals surface area contributed by atoms with Gasteiger partial charge >= 0.3 is 0 Å². The van der Waals surface area contributed by atoms with Crippen molar-refractivity contribution < 1.29 is 14.0 Å². The Morgan fingerprint density at radius 1 is 1.25 bits per heavy atom. The number of benzene rings is 2. The van der Waals surface area contributed by atoms with Gasteiger partial charge in [-0.25, -0.2) is 4.39 Å². The van der Waals surface area contributed by atoms with Crippen LogP contribution in [0.15, 0.2) is 35.3 Å². The van der Waals surface area contributed by atoms with Crippen LogP contribution in [0.25, 0.3) is 10.8 Å². The molecule has 0 bridgehead atoms. The van der Waals surface area contributed by atoms with Gasteiger partial charge in [0.1, 0.15) is 5.82 Å². The minimum atomic E-state index is -0.766. The van der Waals surface area contributed by atoms with Crippen molar-refractivity contribution in [3.63, 3.8) is 0 Å². The number of primary amides is 1. The molecule has 7 nitrogen and oxygen atoms in total. The highest BCUT2D eigenvalue weighted by molar-refractivity contribution is 6.35. The lowest BCUT2D eigenvalue weighted by Crippen LogP contribution is -2.42. The molecule has 166 valence electrons. The van der Waals surface area contributed by atoms with E-state index >= 15 is 0 Å². The number of H-pyrrole nitrogens is 1. The summed E-state index contributed by atoms with van der Waals surface area (Å²) in [6.45, 7) is 2.15. The maximum Gasteiger partial charge on any atom is 0.255 e. The summed E-state index contributed by atoms with van der Waals surface area (Å²) < 4.78 is 14.6. The van der Waals surface area contributed by atoms with Gasteiger partial charge in [0.05, 0.1) is 29.2 Å². The van der Waals surface area contributed by atoms with Gasteiger partial charge in [-0.05, 0) is 48.7 Å². The Bertz CT molecular complexity index is 1320. The summed E-state index contributed by atoms with van der Waals surface area (Å²) in [5.41, 5.74) is 6.67. The molecule has 1 aliphatic rings. The quantitative estimate of drug-likeness (QED) is 0.533. The van der Waals surface area contributed by atoms with Gasteiger partial charge in [0.2, 0.25) is 5.91 Å². The van der Waals surface area contributed by atoms with Crippen LogP contribution in [0.1, 0.15) is 34.5 Å². The lowest BCUT2D eigenvalue weighted by atomic mass is 9.93. The number of anilines is 1. The van der Waals surface area contributed by atoms with Gasteiger partial charge < -0.3 is 20.9 Å². The lowest BCUT2D eigenvalue weighted by molar-refractivity contribution is -0.131. The second kappa shape index (κ2) is 8.44. The first kappa shape index (κ1) is 22.1. The minimum absolute atomic E-state index is 0.00904. The van der Waals surface area contributed by atoms with Gasteiger partial charge in [-0.3, -0.25) is 14.4 Å². The Morgan fingerprint density at radius 3 is 2.72 bits per heavy atom. The van der Waals surface area contributed by atoms with Crippen LogP contribution in [0, 0.1) is 5.82 Å². The van der Waals surface area contributed by atoms with E-state index < -0.39 is 17.3 Å². The van der Waals surface area contributed by atoms with Crippen molar-refractivity contribution in [2.45, 2.75) is 19.4 Å². The van der Waals surface area contributed by atoms with E-state index in [9.17, 15) is 18.8 Å². The number of halogens is 3. The summed E-state index contributed by atoms with van der Waals surface area (Å²) in [6, 6.07) is 5.53. The summed E-state index contributed by atoms with van der Waals surface area (Å²) in [5.74, 6) is -1.75. The van der Waals surface area contributed by atoms with Gasteiger partial charge in [-0.1, -0.05) is 23.2 Å². The van der Waals surface area contributed by atoms with Crippen LogP contribution in [0.3, 0.4) is 0 Å². The number of aromatic nitrogens is 1. The van der Waals surface area contributed by atoms with Crippen LogP contribution in [0.2, 0.25) is 10.0 Å². The highest BCUT2D eigenvalue weighted by Crippen LogP contribution is 2.37. The lowest BCUT2D eigenvalue weighted by Gasteiger charge is -2.36. The molecule has 2 aromatic carbocycles. The van der Waals surface area contributed by atoms with Gasteiger partial charge in [0.25, 0.3) is 11.5 Å². The fourth-order valence-electron chi connectivity index (χ4n) is 4.13. The Morgan fingerprint density at radius 2 is 2.00 bits per heavy atom. The molecule has 2 amide bonds. The fourth-order valence-corrected chi connectivity index (χ4v) is 4.83. The summed E-state index contributed by atoms with van der Waals surface area (Å²) >= 11 is 12.4. The van der Waals surface area contributed by atoms with E-state index in [1.807, 2.05) is 13.0 Å². The van der Waals surface area contributed by atoms with Crippen LogP contribution in [-0.4, -0.2) is 34.8 Å². The number of nitrogens with zero attached hydrogens (tertiary/aromatic N) is 1. The zero-order valence-corrected chi connectivity index (χ0v) is 18.5. The fraction of sp³-hybridized carbons (Fsp3) is 0.227. The number of nitrogens with two attached hydrogens (primary N) is 1. The SMILES string of the molecule is CC1c2c(Cl)cc(Cl)cc2CCN1C(=O)CNc1cc2c(C(N)=O)c[nH]c(=O)c2cc1F. The number of carbonyl (C=O) groups is 2. The van der Waals surface area contributed by atoms with Crippen LogP contribution >= 0.6 is 23.2 Å². The molecular formula is C22H19Cl2FN4O3. The van der Waals surface area contributed by atoms with Crippen molar-refractivity contribution in [3.8, 4) is 0 Å². The van der Waals surface area contributed by atoms with Gasteiger partial charge in [0, 0.05) is 28.2 Å². The smallest absolute Gasteiger partial charge is 0.255 e. The van der Waals surface area contributed by atoms with Crippen LogP contribution in [0.4, 0.5) is 10.1 Å². The minimum Gasteiger partial charge on any atom is -0.374 e. The maximum absolute atomic E-state index is 14.6. The molecule has 1 atom stereocenters. The number of nitrogens with one attached hydrogen (secondary N) is 2. The highest BCUT2D eigenvalue weighted by atomic mass is 35.5. The number of amides is 2. The predicted molar refractivity (Wildman–Crippen MR) is 122 cm³/mol. The monoisotopic (exact) mass is 476 g/mol. The van der Waals surface area contributed by atoms with Gasteiger partial charge in [-0.15, -0.1) is 0 Å². The van der Waals surface area contributed by atoms with Crippen LogP contribution < -0.4 is 16.6 Å². The molecule has 2 heterocycles. The van der Waals surface area contributed by atoms with E-state index in [1.165, 1.54) is 12.3 Å². The molecule has 10 heteroatoms. The Labute approximate surface area is 192 Å². The summed E-state index contributed by atoms with van der Waals surface area (Å²) in [5, 5.41) is 4.00. The maximum atomic E-state index is 14.6. The first-order chi connectivity index (χ1) is 15.2. The molecule has 1 aromatic heterocycles. The van der Waals surface area contributed by atoms with Crippen molar-refractivity contribution >= 4 is 51.5 Å². The normalized spacial score (nSPS) is 15.5. The van der Waals surface area contributed by atoms with E-state index in [4.69, 9.17) is 28.9 Å². The van der Waals surface area contributed by atoms with Crippen LogP contribution in [0.5, 0.6) is 0 Å². The third kappa shape index (κ3) is 3.91. The molecule has 0 aliphatic carbocycles. The third-order valence-electron chi connectivity index (χ3n) is 5.69. The number of fused-ring (bicyclic) bond motifs is 2. The zero-order chi connectivity index (χ0) is 23.2. The number of hydrogen-bond acceptors (Lipinski definition) is 4. The van der Waals surface area contributed by atoms with Gasteiger partial charge in [0.15, 0.2) is 0 Å². The molecular weight excluding hydrogens is 458 g/mol. The van der Waals surface area contributed by atoms with Gasteiger partial charge in [-0.2, -0.15) is 0 Å². The van der Waals surface area contributed by atoms with E-state index in [0.717, 1.165) is 17.2 Å². The first-order valence-corrected chi connectivity index (χ1v) is 10.6. The molecule has 0 saturated carbocycles. The molecule has 32 heavy (non-hydrogen) atoms. The average Bonchev–Trinajstić information content (AvgIpc) is 2.72. The number of rotatable bonds is 4. The van der Waals surface area contributed by atoms with E-state index in [0.29, 0.717) is 23.0 Å². The number of aromatic amines is 1. The molecule has 1 unspecified atom stereocenters. The summed E-state index contributed by atoms with van der Waals surface area (Å²) in [6.07, 6.45) is 1.78. The number of carbonyl (C=O) groups excluding carboxylic acids is 2. The van der Waals surface area contributed by atoms with Crippen LogP contribution in [-0.2, 0) is 11.2 Å². The molecule has 0 fully saturated rings. The Balaban J connectivity index is 1.58. The van der Waals surface area contributed by atoms with Crippen molar-refractivity contribution in [3.05, 3.63) is 73.4 Å². The van der Waals surface area contributed by atoms with E-state index in [1.54, 1.807) is 11.0 Å². The van der Waals surface area contributed by atoms with Crippen molar-refractivity contribution in [1.82, 2.24) is 9.88 Å². The zero-order valence-electron chi connectivity index (χ0n) is 17.0. The second-order valence-corrected chi connectivity index (χ2v) is 8.44. The second-order valence-electron chi connectivity index (χ2n) is 7.60. The molecule has 0 spiro atoms. The number of hydrogen-bond donors (Lipinski definition) is 3. The van der Waals surface area contributed by atoms with Crippen molar-refractivity contribution in [2.75, 3.05) is 18.4 Å². The molecule has 0 saturated heterocycles. The Hall–Kier alpha value is -3.10. The third-order valence-corrected chi connectivity index (χ3v) is 6.22. The first-order valence-electron chi connectivity index (χ1n) is 9.83. The van der Waals surface area contributed by atoms with E-state index in [-0.39, 0.29) is 40.5 Å². The summed E-state index contributed by atoms with van der Waals surface area (Å²) in [4.78, 5) is 40.6. The standard InChI is InChI=1S/C22H19Cl2FN4O3/c1-10-20-11(4-12(23)5-16(20)24)2-3-29(10)19(30)9-27-18-7-13-14(6-17(18)25)22(32)28-8-15(13)21(26)31/h4-8,10,27H,2-3,9H2,1H3,(H2,26,31)(H,28,32). The predicted octanol–water partition coefficient (Wildman–Crippen LogP) is 3.63. The Kier molecular flexibility index (Phi) is 5.83. The number of pyridine rings is 1. The van der Waals surface area contributed by atoms with E-state index in [2.05, 4.69) is 10.3 Å². The highest BCUT2D eigenvalue weighted by Gasteiger charge is 2.29. The molecule has 3 aromatic rings. The topological polar surface area (TPSA) is 108 Å². The largest absolute Gasteiger partial charge is 0.374 e. The summed E-state index contributed by atoms with van der Waals surface area (Å²) in [7, 11) is 0. The van der Waals surface area contributed by atoms with Crippen molar-refractivity contribution in [1.29, 1.82) is 0 Å².